The Hall–Kier alpha value is -3.55. The van der Waals surface area contributed by atoms with Gasteiger partial charge < -0.3 is 24.2 Å². The molecule has 0 bridgehead atoms. The van der Waals surface area contributed by atoms with Crippen molar-refractivity contribution in [2.24, 2.45) is 4.99 Å². The van der Waals surface area contributed by atoms with Gasteiger partial charge >= 0.3 is 5.97 Å². The van der Waals surface area contributed by atoms with Gasteiger partial charge in [-0.05, 0) is 39.0 Å². The highest BCUT2D eigenvalue weighted by Gasteiger charge is 2.15. The van der Waals surface area contributed by atoms with E-state index in [4.69, 9.17) is 13.6 Å². The molecule has 0 fully saturated rings. The van der Waals surface area contributed by atoms with Gasteiger partial charge in [-0.25, -0.2) is 14.8 Å². The summed E-state index contributed by atoms with van der Waals surface area (Å²) in [6.45, 7) is 7.17. The fourth-order valence-corrected chi connectivity index (χ4v) is 2.82. The largest absolute Gasteiger partial charge is 0.465 e. The Kier molecular flexibility index (Phi) is 6.90. The zero-order valence-electron chi connectivity index (χ0n) is 17.6. The molecule has 0 aliphatic rings. The number of nitrogens with one attached hydrogen (secondary N) is 2. The number of benzene rings is 1. The molecule has 2 aromatic heterocycles. The number of aromatic nitrogens is 1. The van der Waals surface area contributed by atoms with Gasteiger partial charge in [0.15, 0.2) is 5.96 Å². The van der Waals surface area contributed by atoms with Gasteiger partial charge in [-0.3, -0.25) is 0 Å². The van der Waals surface area contributed by atoms with Crippen LogP contribution in [0.4, 0.5) is 0 Å². The molecular formula is C22H26N4O4. The number of methoxy groups -OCH3 is 1. The van der Waals surface area contributed by atoms with Gasteiger partial charge in [-0.2, -0.15) is 0 Å². The highest BCUT2D eigenvalue weighted by molar-refractivity contribution is 5.90. The SMILES string of the molecule is CCNC(=NCc1coc(-c2ccc(C)cc2)n1)NCc1cc(C(=O)OC)c(C)o1. The number of carbonyl (C=O) groups is 1. The molecule has 1 aromatic carbocycles. The maximum Gasteiger partial charge on any atom is 0.341 e. The Morgan fingerprint density at radius 1 is 1.20 bits per heavy atom. The Balaban J connectivity index is 1.63. The first-order chi connectivity index (χ1) is 14.5. The number of ether oxygens (including phenoxy) is 1. The van der Waals surface area contributed by atoms with Crippen molar-refractivity contribution in [3.8, 4) is 11.5 Å². The molecule has 8 heteroatoms. The number of hydrogen-bond acceptors (Lipinski definition) is 6. The molecule has 0 aliphatic carbocycles. The van der Waals surface area contributed by atoms with Gasteiger partial charge in [0, 0.05) is 12.1 Å². The summed E-state index contributed by atoms with van der Waals surface area (Å²) in [6.07, 6.45) is 1.61. The van der Waals surface area contributed by atoms with E-state index in [0.717, 1.165) is 11.3 Å². The second-order valence-electron chi connectivity index (χ2n) is 6.73. The number of aryl methyl sites for hydroxylation is 2. The molecule has 0 atom stereocenters. The van der Waals surface area contributed by atoms with E-state index < -0.39 is 5.97 Å². The van der Waals surface area contributed by atoms with Crippen molar-refractivity contribution >= 4 is 11.9 Å². The molecule has 0 aliphatic heterocycles. The lowest BCUT2D eigenvalue weighted by Crippen LogP contribution is -2.36. The van der Waals surface area contributed by atoms with Gasteiger partial charge in [-0.1, -0.05) is 17.7 Å². The fraction of sp³-hybridized carbons (Fsp3) is 0.318. The average Bonchev–Trinajstić information content (AvgIpc) is 3.36. The van der Waals surface area contributed by atoms with Crippen LogP contribution in [0.15, 0.2) is 50.4 Å². The summed E-state index contributed by atoms with van der Waals surface area (Å²) in [5, 5.41) is 6.35. The normalized spacial score (nSPS) is 11.4. The lowest BCUT2D eigenvalue weighted by atomic mass is 10.1. The first kappa shape index (κ1) is 21.2. The zero-order valence-corrected chi connectivity index (χ0v) is 17.6. The van der Waals surface area contributed by atoms with E-state index in [9.17, 15) is 4.79 Å². The minimum Gasteiger partial charge on any atom is -0.465 e. The number of carbonyl (C=O) groups excluding carboxylic acids is 1. The van der Waals surface area contributed by atoms with Gasteiger partial charge in [0.05, 0.1) is 20.2 Å². The van der Waals surface area contributed by atoms with Crippen LogP contribution >= 0.6 is 0 Å². The van der Waals surface area contributed by atoms with E-state index >= 15 is 0 Å². The van der Waals surface area contributed by atoms with E-state index in [2.05, 4.69) is 20.6 Å². The Bertz CT molecular complexity index is 1020. The zero-order chi connectivity index (χ0) is 21.5. The third-order valence-corrected chi connectivity index (χ3v) is 4.40. The monoisotopic (exact) mass is 410 g/mol. The molecule has 158 valence electrons. The van der Waals surface area contributed by atoms with Gasteiger partial charge in [0.2, 0.25) is 5.89 Å². The van der Waals surface area contributed by atoms with Crippen molar-refractivity contribution in [3.63, 3.8) is 0 Å². The Labute approximate surface area is 175 Å². The molecule has 2 N–H and O–H groups in total. The minimum absolute atomic E-state index is 0.356. The maximum atomic E-state index is 11.7. The maximum absolute atomic E-state index is 11.7. The van der Waals surface area contributed by atoms with Crippen LogP contribution in [0.1, 0.15) is 40.1 Å². The molecule has 0 amide bonds. The molecule has 2 heterocycles. The quantitative estimate of drug-likeness (QED) is 0.349. The van der Waals surface area contributed by atoms with E-state index in [1.165, 1.54) is 12.7 Å². The number of furan rings is 1. The second-order valence-corrected chi connectivity index (χ2v) is 6.73. The van der Waals surface area contributed by atoms with Crippen LogP contribution in [0.5, 0.6) is 0 Å². The van der Waals surface area contributed by atoms with Crippen molar-refractivity contribution in [2.45, 2.75) is 33.9 Å². The molecule has 3 rings (SSSR count). The predicted molar refractivity (Wildman–Crippen MR) is 113 cm³/mol. The second kappa shape index (κ2) is 9.78. The molecular weight excluding hydrogens is 384 g/mol. The van der Waals surface area contributed by atoms with Gasteiger partial charge in [0.1, 0.15) is 29.0 Å². The van der Waals surface area contributed by atoms with Crippen LogP contribution in [0.2, 0.25) is 0 Å². The summed E-state index contributed by atoms with van der Waals surface area (Å²) in [5.41, 5.74) is 3.25. The molecule has 3 aromatic rings. The molecule has 0 radical (unpaired) electrons. The van der Waals surface area contributed by atoms with E-state index in [1.54, 1.807) is 19.3 Å². The number of oxazole rings is 1. The van der Waals surface area contributed by atoms with Crippen molar-refractivity contribution in [1.82, 2.24) is 15.6 Å². The molecule has 30 heavy (non-hydrogen) atoms. The number of esters is 1. The average molecular weight is 410 g/mol. The fourth-order valence-electron chi connectivity index (χ4n) is 2.82. The first-order valence-electron chi connectivity index (χ1n) is 9.71. The van der Waals surface area contributed by atoms with Crippen molar-refractivity contribution in [1.29, 1.82) is 0 Å². The van der Waals surface area contributed by atoms with E-state index in [-0.39, 0.29) is 0 Å². The smallest absolute Gasteiger partial charge is 0.341 e. The standard InChI is InChI=1S/C22H26N4O4/c1-5-23-22(25-12-18-10-19(15(3)30-18)21(27)28-4)24-11-17-13-29-20(26-17)16-8-6-14(2)7-9-16/h6-10,13H,5,11-12H2,1-4H3,(H2,23,24,25). The van der Waals surface area contributed by atoms with Crippen molar-refractivity contribution < 1.29 is 18.4 Å². The van der Waals surface area contributed by atoms with E-state index in [1.807, 2.05) is 38.1 Å². The number of guanidine groups is 1. The number of hydrogen-bond donors (Lipinski definition) is 2. The number of aliphatic imine (C=N–C) groups is 1. The molecule has 0 saturated heterocycles. The third kappa shape index (κ3) is 5.28. The summed E-state index contributed by atoms with van der Waals surface area (Å²) in [7, 11) is 1.34. The topological polar surface area (TPSA) is 102 Å². The summed E-state index contributed by atoms with van der Waals surface area (Å²) in [6, 6.07) is 9.67. The van der Waals surface area contributed by atoms with Gasteiger partial charge in [-0.15, -0.1) is 0 Å². The van der Waals surface area contributed by atoms with Crippen LogP contribution in [0, 0.1) is 13.8 Å². The first-order valence-corrected chi connectivity index (χ1v) is 9.71. The van der Waals surface area contributed by atoms with E-state index in [0.29, 0.717) is 48.6 Å². The van der Waals surface area contributed by atoms with Crippen molar-refractivity contribution in [2.75, 3.05) is 13.7 Å². The van der Waals surface area contributed by atoms with Crippen LogP contribution in [0.25, 0.3) is 11.5 Å². The lowest BCUT2D eigenvalue weighted by Gasteiger charge is -2.09. The molecule has 0 unspecified atom stereocenters. The lowest BCUT2D eigenvalue weighted by molar-refractivity contribution is 0.0599. The molecule has 0 spiro atoms. The minimum atomic E-state index is -0.418. The summed E-state index contributed by atoms with van der Waals surface area (Å²) < 4.78 is 15.9. The number of rotatable bonds is 7. The van der Waals surface area contributed by atoms with Gasteiger partial charge in [0.25, 0.3) is 0 Å². The van der Waals surface area contributed by atoms with Crippen LogP contribution in [-0.4, -0.2) is 30.6 Å². The summed E-state index contributed by atoms with van der Waals surface area (Å²) in [5.74, 6) is 1.89. The third-order valence-electron chi connectivity index (χ3n) is 4.40. The molecule has 8 nitrogen and oxygen atoms in total. The van der Waals surface area contributed by atoms with Crippen LogP contribution in [-0.2, 0) is 17.8 Å². The Morgan fingerprint density at radius 3 is 2.67 bits per heavy atom. The molecule has 0 saturated carbocycles. The highest BCUT2D eigenvalue weighted by Crippen LogP contribution is 2.19. The highest BCUT2D eigenvalue weighted by atomic mass is 16.5. The Morgan fingerprint density at radius 2 is 1.97 bits per heavy atom. The summed E-state index contributed by atoms with van der Waals surface area (Å²) in [4.78, 5) is 20.8. The van der Waals surface area contributed by atoms with Crippen LogP contribution in [0.3, 0.4) is 0 Å². The summed E-state index contributed by atoms with van der Waals surface area (Å²) >= 11 is 0. The predicted octanol–water partition coefficient (Wildman–Crippen LogP) is 3.59. The van der Waals surface area contributed by atoms with Crippen molar-refractivity contribution in [3.05, 3.63) is 64.9 Å². The van der Waals surface area contributed by atoms with Crippen LogP contribution < -0.4 is 10.6 Å². The number of nitrogens with zero attached hydrogens (tertiary/aromatic N) is 2.